The summed E-state index contributed by atoms with van der Waals surface area (Å²) in [4.78, 5) is 0.561. The average Bonchev–Trinajstić information content (AvgIpc) is 3.07. The van der Waals surface area contributed by atoms with E-state index >= 15 is 0 Å². The molecule has 0 bridgehead atoms. The second-order valence-corrected chi connectivity index (χ2v) is 8.18. The first kappa shape index (κ1) is 17.3. The summed E-state index contributed by atoms with van der Waals surface area (Å²) in [6, 6.07) is 27.0. The van der Waals surface area contributed by atoms with Gasteiger partial charge in [0.05, 0.1) is 15.5 Å². The molecular formula is C23H18NO2S. The highest BCUT2D eigenvalue weighted by molar-refractivity contribution is 7.91. The largest absolute Gasteiger partial charge is 0.336 e. The molecule has 0 aliphatic rings. The molecule has 133 valence electrons. The van der Waals surface area contributed by atoms with Crippen LogP contribution in [0.1, 0.15) is 0 Å². The van der Waals surface area contributed by atoms with Crippen LogP contribution in [0.4, 0.5) is 0 Å². The maximum Gasteiger partial charge on any atom is 0.206 e. The second-order valence-electron chi connectivity index (χ2n) is 6.23. The Morgan fingerprint density at radius 2 is 1.56 bits per heavy atom. The molecule has 1 heterocycles. The Morgan fingerprint density at radius 3 is 2.22 bits per heavy atom. The number of hydrogen-bond donors (Lipinski definition) is 0. The predicted molar refractivity (Wildman–Crippen MR) is 108 cm³/mol. The lowest BCUT2D eigenvalue weighted by atomic mass is 10.1. The Morgan fingerprint density at radius 1 is 0.889 bits per heavy atom. The lowest BCUT2D eigenvalue weighted by Crippen LogP contribution is -2.02. The molecule has 0 amide bonds. The van der Waals surface area contributed by atoms with Crippen LogP contribution in [0.15, 0.2) is 101 Å². The van der Waals surface area contributed by atoms with E-state index in [1.165, 1.54) is 0 Å². The fourth-order valence-electron chi connectivity index (χ4n) is 3.21. The third-order valence-electron chi connectivity index (χ3n) is 4.50. The molecule has 3 aromatic carbocycles. The molecule has 0 saturated carbocycles. The van der Waals surface area contributed by atoms with E-state index in [0.717, 1.165) is 22.2 Å². The van der Waals surface area contributed by atoms with Crippen molar-refractivity contribution in [2.24, 2.45) is 0 Å². The SMILES string of the molecule is C=CCn1c(-c2ccccc2)[c]c2cc(S(=O)(=O)c3ccccc3)ccc21. The molecule has 0 N–H and O–H groups in total. The molecule has 0 saturated heterocycles. The van der Waals surface area contributed by atoms with Gasteiger partial charge in [0.2, 0.25) is 9.84 Å². The second kappa shape index (κ2) is 6.89. The molecule has 4 heteroatoms. The lowest BCUT2D eigenvalue weighted by molar-refractivity contribution is 0.596. The van der Waals surface area contributed by atoms with Gasteiger partial charge in [-0.05, 0) is 35.9 Å². The van der Waals surface area contributed by atoms with Crippen molar-refractivity contribution >= 4 is 20.7 Å². The highest BCUT2D eigenvalue weighted by atomic mass is 32.2. The van der Waals surface area contributed by atoms with Crippen LogP contribution >= 0.6 is 0 Å². The Bertz CT molecular complexity index is 1210. The lowest BCUT2D eigenvalue weighted by Gasteiger charge is -2.09. The number of allylic oxidation sites excluding steroid dienone is 1. The normalized spacial score (nSPS) is 11.6. The fourth-order valence-corrected chi connectivity index (χ4v) is 4.52. The number of hydrogen-bond acceptors (Lipinski definition) is 2. The Kier molecular flexibility index (Phi) is 4.42. The zero-order valence-corrected chi connectivity index (χ0v) is 15.5. The predicted octanol–water partition coefficient (Wildman–Crippen LogP) is 5.13. The van der Waals surface area contributed by atoms with E-state index < -0.39 is 9.84 Å². The Labute approximate surface area is 159 Å². The Balaban J connectivity index is 1.90. The molecule has 3 nitrogen and oxygen atoms in total. The minimum absolute atomic E-state index is 0.271. The van der Waals surface area contributed by atoms with Crippen LogP contribution in [0.5, 0.6) is 0 Å². The number of nitrogens with zero attached hydrogens (tertiary/aromatic N) is 1. The zero-order valence-electron chi connectivity index (χ0n) is 14.7. The Hall–Kier alpha value is -3.11. The summed E-state index contributed by atoms with van der Waals surface area (Å²) in [7, 11) is -3.56. The molecule has 27 heavy (non-hydrogen) atoms. The van der Waals surface area contributed by atoms with Gasteiger partial charge in [0.15, 0.2) is 0 Å². The van der Waals surface area contributed by atoms with Crippen molar-refractivity contribution < 1.29 is 8.42 Å². The van der Waals surface area contributed by atoms with Crippen LogP contribution in [0, 0.1) is 6.07 Å². The van der Waals surface area contributed by atoms with Gasteiger partial charge in [-0.1, -0.05) is 54.6 Å². The summed E-state index contributed by atoms with van der Waals surface area (Å²) in [5, 5.41) is 0.771. The highest BCUT2D eigenvalue weighted by Gasteiger charge is 2.19. The maximum atomic E-state index is 12.9. The third kappa shape index (κ3) is 3.09. The van der Waals surface area contributed by atoms with Crippen LogP contribution < -0.4 is 0 Å². The van der Waals surface area contributed by atoms with Crippen molar-refractivity contribution in [3.8, 4) is 11.3 Å². The standard InChI is InChI=1S/C23H18NO2S/c1-2-15-24-22-14-13-21(27(25,26)20-11-7-4-8-12-20)16-19(22)17-23(24)18-9-5-3-6-10-18/h2-14,16H,1,15H2. The van der Waals surface area contributed by atoms with Gasteiger partial charge in [-0.15, -0.1) is 6.58 Å². The third-order valence-corrected chi connectivity index (χ3v) is 6.27. The van der Waals surface area contributed by atoms with Crippen molar-refractivity contribution in [3.05, 3.63) is 97.6 Å². The van der Waals surface area contributed by atoms with Gasteiger partial charge in [0.1, 0.15) is 0 Å². The van der Waals surface area contributed by atoms with Crippen molar-refractivity contribution in [3.63, 3.8) is 0 Å². The first-order valence-electron chi connectivity index (χ1n) is 8.63. The summed E-state index contributed by atoms with van der Waals surface area (Å²) in [5.74, 6) is 0. The number of benzene rings is 3. The van der Waals surface area contributed by atoms with Gasteiger partial charge in [-0.2, -0.15) is 0 Å². The van der Waals surface area contributed by atoms with Crippen LogP contribution in [0.25, 0.3) is 22.2 Å². The first-order chi connectivity index (χ1) is 13.1. The zero-order chi connectivity index (χ0) is 18.9. The number of aromatic nitrogens is 1. The van der Waals surface area contributed by atoms with Crippen molar-refractivity contribution in [2.75, 3.05) is 0 Å². The fraction of sp³-hybridized carbons (Fsp3) is 0.0435. The highest BCUT2D eigenvalue weighted by Crippen LogP contribution is 2.31. The van der Waals surface area contributed by atoms with Crippen molar-refractivity contribution in [1.29, 1.82) is 0 Å². The number of sulfone groups is 1. The number of rotatable bonds is 5. The smallest absolute Gasteiger partial charge is 0.206 e. The average molecular weight is 372 g/mol. The van der Waals surface area contributed by atoms with E-state index in [0.29, 0.717) is 6.54 Å². The van der Waals surface area contributed by atoms with Gasteiger partial charge in [0.25, 0.3) is 0 Å². The van der Waals surface area contributed by atoms with Crippen LogP contribution in [-0.4, -0.2) is 13.0 Å². The molecule has 0 spiro atoms. The number of fused-ring (bicyclic) bond motifs is 1. The minimum Gasteiger partial charge on any atom is -0.336 e. The van der Waals surface area contributed by atoms with E-state index in [-0.39, 0.29) is 9.79 Å². The van der Waals surface area contributed by atoms with E-state index in [2.05, 4.69) is 17.2 Å². The minimum atomic E-state index is -3.56. The maximum absolute atomic E-state index is 12.9. The van der Waals surface area contributed by atoms with Gasteiger partial charge < -0.3 is 4.57 Å². The topological polar surface area (TPSA) is 39.1 Å². The van der Waals surface area contributed by atoms with Gasteiger partial charge in [0, 0.05) is 23.5 Å². The van der Waals surface area contributed by atoms with E-state index in [1.54, 1.807) is 42.5 Å². The van der Waals surface area contributed by atoms with E-state index in [1.807, 2.05) is 42.5 Å². The van der Waals surface area contributed by atoms with Crippen molar-refractivity contribution in [1.82, 2.24) is 4.57 Å². The summed E-state index contributed by atoms with van der Waals surface area (Å²) >= 11 is 0. The molecule has 0 aliphatic carbocycles. The van der Waals surface area contributed by atoms with Gasteiger partial charge >= 0.3 is 0 Å². The van der Waals surface area contributed by atoms with Gasteiger partial charge in [-0.25, -0.2) is 8.42 Å². The molecule has 4 aromatic rings. The molecule has 4 rings (SSSR count). The quantitative estimate of drug-likeness (QED) is 0.456. The molecule has 0 atom stereocenters. The molecule has 0 fully saturated rings. The monoisotopic (exact) mass is 372 g/mol. The summed E-state index contributed by atoms with van der Waals surface area (Å²) in [6.45, 7) is 4.46. The van der Waals surface area contributed by atoms with Crippen LogP contribution in [0.2, 0.25) is 0 Å². The summed E-state index contributed by atoms with van der Waals surface area (Å²) in [6.07, 6.45) is 1.83. The first-order valence-corrected chi connectivity index (χ1v) is 10.1. The molecular weight excluding hydrogens is 354 g/mol. The summed E-state index contributed by atoms with van der Waals surface area (Å²) < 4.78 is 27.9. The van der Waals surface area contributed by atoms with Gasteiger partial charge in [-0.3, -0.25) is 0 Å². The van der Waals surface area contributed by atoms with E-state index in [9.17, 15) is 8.42 Å². The molecule has 1 radical (unpaired) electrons. The molecule has 1 aromatic heterocycles. The molecule has 0 unspecified atom stereocenters. The molecule has 0 aliphatic heterocycles. The van der Waals surface area contributed by atoms with Crippen LogP contribution in [0.3, 0.4) is 0 Å². The van der Waals surface area contributed by atoms with E-state index in [4.69, 9.17) is 0 Å². The summed E-state index contributed by atoms with van der Waals surface area (Å²) in [5.41, 5.74) is 2.88. The van der Waals surface area contributed by atoms with Crippen molar-refractivity contribution in [2.45, 2.75) is 16.3 Å². The van der Waals surface area contributed by atoms with Crippen LogP contribution in [-0.2, 0) is 16.4 Å².